The van der Waals surface area contributed by atoms with Crippen molar-refractivity contribution >= 4 is 16.9 Å². The lowest BCUT2D eigenvalue weighted by molar-refractivity contribution is -0.0165. The van der Waals surface area contributed by atoms with Gasteiger partial charge in [-0.05, 0) is 32.8 Å². The molecule has 136 valence electrons. The molecule has 1 aliphatic rings. The second kappa shape index (κ2) is 6.96. The van der Waals surface area contributed by atoms with Crippen LogP contribution in [0.25, 0.3) is 11.0 Å². The molecular weight excluding hydrogens is 330 g/mol. The largest absolute Gasteiger partial charge is 0.451 e. The van der Waals surface area contributed by atoms with E-state index in [1.54, 1.807) is 6.20 Å². The molecule has 2 aromatic heterocycles. The number of fused-ring (bicyclic) bond motifs is 1. The van der Waals surface area contributed by atoms with Crippen LogP contribution in [0.4, 0.5) is 0 Å². The first-order chi connectivity index (χ1) is 12.7. The fourth-order valence-electron chi connectivity index (χ4n) is 3.65. The number of para-hydroxylation sites is 1. The molecule has 0 unspecified atom stereocenters. The maximum atomic E-state index is 12.9. The predicted octanol–water partition coefficient (Wildman–Crippen LogP) is 3.61. The van der Waals surface area contributed by atoms with Crippen molar-refractivity contribution in [1.82, 2.24) is 14.9 Å². The summed E-state index contributed by atoms with van der Waals surface area (Å²) in [6, 6.07) is 7.57. The number of ether oxygens (including phenoxy) is 1. The van der Waals surface area contributed by atoms with Crippen LogP contribution in [0.1, 0.15) is 47.8 Å². The lowest BCUT2D eigenvalue weighted by atomic mass is 10.0. The standard InChI is InChI=1S/C20H23N3O3/c1-3-23-11-10-21-19(23)18-15(8-6-12-25-18)22-20(24)17-13(2)14-7-4-5-9-16(14)26-17/h4-5,7,9-11,15,18H,3,6,8,12H2,1-2H3,(H,22,24)/t15-,18-/m0/s1. The van der Waals surface area contributed by atoms with E-state index in [4.69, 9.17) is 9.15 Å². The summed E-state index contributed by atoms with van der Waals surface area (Å²) in [5.41, 5.74) is 1.59. The fraction of sp³-hybridized carbons (Fsp3) is 0.400. The second-order valence-corrected chi connectivity index (χ2v) is 6.64. The lowest BCUT2D eigenvalue weighted by Gasteiger charge is -2.32. The highest BCUT2D eigenvalue weighted by atomic mass is 16.5. The SMILES string of the molecule is CCn1ccnc1[C@H]1OCCC[C@@H]1NC(=O)c1oc2ccccc2c1C. The summed E-state index contributed by atoms with van der Waals surface area (Å²) in [5.74, 6) is 1.03. The van der Waals surface area contributed by atoms with Gasteiger partial charge in [0.2, 0.25) is 0 Å². The summed E-state index contributed by atoms with van der Waals surface area (Å²) < 4.78 is 13.8. The van der Waals surface area contributed by atoms with Gasteiger partial charge in [0.1, 0.15) is 17.5 Å². The van der Waals surface area contributed by atoms with Gasteiger partial charge in [0, 0.05) is 36.5 Å². The molecule has 1 saturated heterocycles. The van der Waals surface area contributed by atoms with E-state index in [0.717, 1.165) is 41.7 Å². The van der Waals surface area contributed by atoms with Gasteiger partial charge in [-0.1, -0.05) is 18.2 Å². The van der Waals surface area contributed by atoms with Crippen molar-refractivity contribution in [3.8, 4) is 0 Å². The van der Waals surface area contributed by atoms with E-state index in [1.807, 2.05) is 37.4 Å². The minimum absolute atomic E-state index is 0.128. The number of rotatable bonds is 4. The first kappa shape index (κ1) is 16.8. The normalized spacial score (nSPS) is 20.4. The molecule has 0 radical (unpaired) electrons. The fourth-order valence-corrected chi connectivity index (χ4v) is 3.65. The van der Waals surface area contributed by atoms with Crippen LogP contribution in [-0.4, -0.2) is 28.1 Å². The Balaban J connectivity index is 1.59. The molecular formula is C20H23N3O3. The van der Waals surface area contributed by atoms with E-state index in [1.165, 1.54) is 0 Å². The summed E-state index contributed by atoms with van der Waals surface area (Å²) in [4.78, 5) is 17.3. The number of hydrogen-bond acceptors (Lipinski definition) is 4. The third kappa shape index (κ3) is 2.90. The predicted molar refractivity (Wildman–Crippen MR) is 98.0 cm³/mol. The number of carbonyl (C=O) groups excluding carboxylic acids is 1. The zero-order valence-corrected chi connectivity index (χ0v) is 15.1. The number of benzene rings is 1. The molecule has 1 N–H and O–H groups in total. The van der Waals surface area contributed by atoms with Crippen molar-refractivity contribution in [3.63, 3.8) is 0 Å². The molecule has 6 nitrogen and oxygen atoms in total. The molecule has 2 atom stereocenters. The molecule has 1 amide bonds. The summed E-state index contributed by atoms with van der Waals surface area (Å²) in [6.45, 7) is 5.48. The lowest BCUT2D eigenvalue weighted by Crippen LogP contribution is -2.43. The van der Waals surface area contributed by atoms with Crippen LogP contribution in [0, 0.1) is 6.92 Å². The van der Waals surface area contributed by atoms with Gasteiger partial charge in [0.15, 0.2) is 5.76 Å². The smallest absolute Gasteiger partial charge is 0.287 e. The Bertz CT molecular complexity index is 927. The molecule has 1 aromatic carbocycles. The van der Waals surface area contributed by atoms with E-state index in [9.17, 15) is 4.79 Å². The van der Waals surface area contributed by atoms with Crippen LogP contribution in [0.3, 0.4) is 0 Å². The number of nitrogens with one attached hydrogen (secondary N) is 1. The Morgan fingerprint density at radius 3 is 3.04 bits per heavy atom. The van der Waals surface area contributed by atoms with Gasteiger partial charge in [-0.25, -0.2) is 4.98 Å². The van der Waals surface area contributed by atoms with Crippen LogP contribution < -0.4 is 5.32 Å². The number of aryl methyl sites for hydroxylation is 2. The van der Waals surface area contributed by atoms with Crippen LogP contribution in [0.15, 0.2) is 41.1 Å². The molecule has 26 heavy (non-hydrogen) atoms. The molecule has 1 aliphatic heterocycles. The molecule has 3 heterocycles. The highest BCUT2D eigenvalue weighted by Crippen LogP contribution is 2.29. The number of hydrogen-bond donors (Lipinski definition) is 1. The molecule has 0 saturated carbocycles. The number of amides is 1. The third-order valence-electron chi connectivity index (χ3n) is 5.03. The van der Waals surface area contributed by atoms with Crippen molar-refractivity contribution in [3.05, 3.63) is 53.8 Å². The van der Waals surface area contributed by atoms with Crippen LogP contribution in [0.2, 0.25) is 0 Å². The van der Waals surface area contributed by atoms with E-state index in [0.29, 0.717) is 12.4 Å². The number of nitrogens with zero attached hydrogens (tertiary/aromatic N) is 2. The molecule has 0 spiro atoms. The summed E-state index contributed by atoms with van der Waals surface area (Å²) >= 11 is 0. The minimum Gasteiger partial charge on any atom is -0.451 e. The van der Waals surface area contributed by atoms with Gasteiger partial charge < -0.3 is 19.0 Å². The van der Waals surface area contributed by atoms with Crippen molar-refractivity contribution in [1.29, 1.82) is 0 Å². The van der Waals surface area contributed by atoms with Gasteiger partial charge in [-0.3, -0.25) is 4.79 Å². The Kier molecular flexibility index (Phi) is 4.51. The zero-order chi connectivity index (χ0) is 18.1. The summed E-state index contributed by atoms with van der Waals surface area (Å²) in [5, 5.41) is 4.08. The Morgan fingerprint density at radius 1 is 1.38 bits per heavy atom. The summed E-state index contributed by atoms with van der Waals surface area (Å²) in [7, 11) is 0. The quantitative estimate of drug-likeness (QED) is 0.778. The number of aromatic nitrogens is 2. The molecule has 1 fully saturated rings. The maximum absolute atomic E-state index is 12.9. The van der Waals surface area contributed by atoms with E-state index >= 15 is 0 Å². The topological polar surface area (TPSA) is 69.3 Å². The molecule has 6 heteroatoms. The van der Waals surface area contributed by atoms with Gasteiger partial charge >= 0.3 is 0 Å². The maximum Gasteiger partial charge on any atom is 0.287 e. The molecule has 3 aromatic rings. The Hall–Kier alpha value is -2.60. The van der Waals surface area contributed by atoms with Gasteiger partial charge in [-0.2, -0.15) is 0 Å². The number of imidazole rings is 1. The van der Waals surface area contributed by atoms with Crippen molar-refractivity contribution < 1.29 is 13.9 Å². The highest BCUT2D eigenvalue weighted by Gasteiger charge is 2.33. The third-order valence-corrected chi connectivity index (χ3v) is 5.03. The molecule has 4 rings (SSSR count). The van der Waals surface area contributed by atoms with E-state index in [2.05, 4.69) is 21.8 Å². The number of carbonyl (C=O) groups is 1. The van der Waals surface area contributed by atoms with Crippen LogP contribution in [0.5, 0.6) is 0 Å². The van der Waals surface area contributed by atoms with Crippen molar-refractivity contribution in [2.24, 2.45) is 0 Å². The first-order valence-corrected chi connectivity index (χ1v) is 9.10. The summed E-state index contributed by atoms with van der Waals surface area (Å²) in [6.07, 6.45) is 5.24. The van der Waals surface area contributed by atoms with Gasteiger partial charge in [0.05, 0.1) is 6.04 Å². The second-order valence-electron chi connectivity index (χ2n) is 6.64. The Morgan fingerprint density at radius 2 is 2.23 bits per heavy atom. The average Bonchev–Trinajstić information content (AvgIpc) is 3.27. The van der Waals surface area contributed by atoms with E-state index < -0.39 is 0 Å². The average molecular weight is 353 g/mol. The monoisotopic (exact) mass is 353 g/mol. The zero-order valence-electron chi connectivity index (χ0n) is 15.1. The number of furan rings is 1. The Labute approximate surface area is 152 Å². The molecule has 0 aliphatic carbocycles. The van der Waals surface area contributed by atoms with Gasteiger partial charge in [-0.15, -0.1) is 0 Å². The minimum atomic E-state index is -0.243. The highest BCUT2D eigenvalue weighted by molar-refractivity contribution is 5.99. The van der Waals surface area contributed by atoms with E-state index in [-0.39, 0.29) is 18.1 Å². The van der Waals surface area contributed by atoms with Crippen LogP contribution in [-0.2, 0) is 11.3 Å². The molecule has 0 bridgehead atoms. The van der Waals surface area contributed by atoms with Crippen molar-refractivity contribution in [2.45, 2.75) is 45.4 Å². The first-order valence-electron chi connectivity index (χ1n) is 9.10. The van der Waals surface area contributed by atoms with Crippen molar-refractivity contribution in [2.75, 3.05) is 6.61 Å². The van der Waals surface area contributed by atoms with Gasteiger partial charge in [0.25, 0.3) is 5.91 Å². The van der Waals surface area contributed by atoms with Crippen LogP contribution >= 0.6 is 0 Å².